The first-order valence-electron chi connectivity index (χ1n) is 6.64. The fraction of sp³-hybridized carbons (Fsp3) is 0.0588. The van der Waals surface area contributed by atoms with Crippen LogP contribution in [0.2, 0.25) is 0 Å². The maximum Gasteiger partial charge on any atom is 0.177 e. The summed E-state index contributed by atoms with van der Waals surface area (Å²) in [5.74, 6) is 0.180. The number of rotatable bonds is 3. The van der Waals surface area contributed by atoms with Crippen LogP contribution in [-0.4, -0.2) is 10.8 Å². The molecule has 0 bridgehead atoms. The Hall–Kier alpha value is -2.04. The van der Waals surface area contributed by atoms with Crippen LogP contribution in [0.25, 0.3) is 20.3 Å². The second-order valence-corrected chi connectivity index (χ2v) is 6.88. The third-order valence-corrected chi connectivity index (χ3v) is 5.64. The molecule has 1 aromatic carbocycles. The van der Waals surface area contributed by atoms with Gasteiger partial charge >= 0.3 is 0 Å². The number of carbonyl (C=O) groups excluding carboxylic acids is 1. The van der Waals surface area contributed by atoms with Crippen LogP contribution in [0, 0.1) is 0 Å². The van der Waals surface area contributed by atoms with Gasteiger partial charge in [0.15, 0.2) is 5.78 Å². The number of fused-ring (bicyclic) bond motifs is 2. The highest BCUT2D eigenvalue weighted by Gasteiger charge is 2.13. The Balaban J connectivity index is 1.71. The molecule has 0 aliphatic rings. The molecule has 0 aliphatic heterocycles. The summed E-state index contributed by atoms with van der Waals surface area (Å²) in [6.45, 7) is 0. The number of nitrogens with zero attached hydrogens (tertiary/aromatic N) is 1. The maximum absolute atomic E-state index is 12.5. The third-order valence-electron chi connectivity index (χ3n) is 3.50. The number of pyridine rings is 1. The summed E-state index contributed by atoms with van der Waals surface area (Å²) in [5, 5.41) is 3.12. The maximum atomic E-state index is 12.5. The van der Waals surface area contributed by atoms with Crippen molar-refractivity contribution in [1.82, 2.24) is 4.98 Å². The lowest BCUT2D eigenvalue weighted by atomic mass is 10.0. The molecular weight excluding hydrogens is 298 g/mol. The van der Waals surface area contributed by atoms with E-state index in [0.717, 1.165) is 21.3 Å². The Kier molecular flexibility index (Phi) is 3.05. The van der Waals surface area contributed by atoms with E-state index in [0.29, 0.717) is 6.42 Å². The molecule has 0 spiro atoms. The topological polar surface area (TPSA) is 30.0 Å². The number of aromatic nitrogens is 1. The lowest BCUT2D eigenvalue weighted by Gasteiger charge is -2.04. The van der Waals surface area contributed by atoms with E-state index in [2.05, 4.69) is 16.4 Å². The van der Waals surface area contributed by atoms with Crippen LogP contribution in [-0.2, 0) is 6.42 Å². The Labute approximate surface area is 129 Å². The molecule has 0 aliphatic carbocycles. The van der Waals surface area contributed by atoms with Crippen molar-refractivity contribution < 1.29 is 4.79 Å². The van der Waals surface area contributed by atoms with Crippen LogP contribution in [0.5, 0.6) is 0 Å². The minimum atomic E-state index is 0.180. The number of Topliss-reactive ketones (excluding diaryl/α,β-unsaturated/α-hetero) is 1. The number of hydrogen-bond donors (Lipinski definition) is 0. The van der Waals surface area contributed by atoms with Gasteiger partial charge in [0.25, 0.3) is 0 Å². The lowest BCUT2D eigenvalue weighted by molar-refractivity contribution is 0.0997. The molecule has 3 heterocycles. The van der Waals surface area contributed by atoms with Gasteiger partial charge in [-0.2, -0.15) is 0 Å². The van der Waals surface area contributed by atoms with Gasteiger partial charge in [0.1, 0.15) is 0 Å². The molecule has 0 saturated heterocycles. The molecule has 2 nitrogen and oxygen atoms in total. The van der Waals surface area contributed by atoms with Gasteiger partial charge in [-0.1, -0.05) is 18.2 Å². The van der Waals surface area contributed by atoms with Crippen LogP contribution in [0.4, 0.5) is 0 Å². The standard InChI is InChI=1S/C17H11NOS2/c19-14(16-10-17-15(21-16)6-8-20-17)9-11-5-7-18-13-4-2-1-3-12(11)13/h1-8,10H,9H2. The Morgan fingerprint density at radius 1 is 1.10 bits per heavy atom. The van der Waals surface area contributed by atoms with Gasteiger partial charge in [-0.05, 0) is 35.2 Å². The summed E-state index contributed by atoms with van der Waals surface area (Å²) in [6, 6.07) is 14.0. The van der Waals surface area contributed by atoms with Crippen molar-refractivity contribution in [1.29, 1.82) is 0 Å². The molecule has 4 heteroatoms. The summed E-state index contributed by atoms with van der Waals surface area (Å²) in [5.41, 5.74) is 1.98. The second-order valence-electron chi connectivity index (χ2n) is 4.85. The predicted octanol–water partition coefficient (Wildman–Crippen LogP) is 4.94. The molecule has 0 amide bonds. The summed E-state index contributed by atoms with van der Waals surface area (Å²) in [6.07, 6.45) is 2.20. The van der Waals surface area contributed by atoms with E-state index in [4.69, 9.17) is 0 Å². The van der Waals surface area contributed by atoms with Crippen molar-refractivity contribution in [3.63, 3.8) is 0 Å². The van der Waals surface area contributed by atoms with E-state index in [-0.39, 0.29) is 5.78 Å². The van der Waals surface area contributed by atoms with Crippen LogP contribution in [0.15, 0.2) is 54.0 Å². The predicted molar refractivity (Wildman–Crippen MR) is 89.5 cm³/mol. The van der Waals surface area contributed by atoms with E-state index in [1.807, 2.05) is 36.4 Å². The van der Waals surface area contributed by atoms with Crippen molar-refractivity contribution in [2.45, 2.75) is 6.42 Å². The van der Waals surface area contributed by atoms with Gasteiger partial charge in [-0.15, -0.1) is 22.7 Å². The average molecular weight is 309 g/mol. The molecule has 0 saturated carbocycles. The monoisotopic (exact) mass is 309 g/mol. The number of benzene rings is 1. The SMILES string of the molecule is O=C(Cc1ccnc2ccccc12)c1cc2sccc2s1. The van der Waals surface area contributed by atoms with Gasteiger partial charge in [0.2, 0.25) is 0 Å². The molecule has 0 radical (unpaired) electrons. The van der Waals surface area contributed by atoms with E-state index in [9.17, 15) is 4.79 Å². The zero-order chi connectivity index (χ0) is 14.2. The number of para-hydroxylation sites is 1. The van der Waals surface area contributed by atoms with E-state index in [1.54, 1.807) is 28.9 Å². The molecule has 4 aromatic rings. The Morgan fingerprint density at radius 3 is 2.90 bits per heavy atom. The Morgan fingerprint density at radius 2 is 2.00 bits per heavy atom. The van der Waals surface area contributed by atoms with E-state index >= 15 is 0 Å². The molecule has 21 heavy (non-hydrogen) atoms. The first-order chi connectivity index (χ1) is 10.3. The average Bonchev–Trinajstić information content (AvgIpc) is 3.09. The molecule has 102 valence electrons. The zero-order valence-corrected chi connectivity index (χ0v) is 12.7. The highest BCUT2D eigenvalue weighted by molar-refractivity contribution is 7.27. The van der Waals surface area contributed by atoms with Crippen molar-refractivity contribution in [3.8, 4) is 0 Å². The highest BCUT2D eigenvalue weighted by atomic mass is 32.1. The van der Waals surface area contributed by atoms with Gasteiger partial charge in [-0.3, -0.25) is 9.78 Å². The number of thiophene rings is 2. The first kappa shape index (κ1) is 12.7. The minimum Gasteiger partial charge on any atom is -0.293 e. The molecular formula is C17H11NOS2. The molecule has 3 aromatic heterocycles. The smallest absolute Gasteiger partial charge is 0.177 e. The van der Waals surface area contributed by atoms with Gasteiger partial charge < -0.3 is 0 Å². The first-order valence-corrected chi connectivity index (χ1v) is 8.34. The summed E-state index contributed by atoms with van der Waals surface area (Å²) >= 11 is 3.26. The van der Waals surface area contributed by atoms with Gasteiger partial charge in [0, 0.05) is 27.4 Å². The summed E-state index contributed by atoms with van der Waals surface area (Å²) in [7, 11) is 0. The fourth-order valence-electron chi connectivity index (χ4n) is 2.47. The Bertz CT molecular complexity index is 918. The molecule has 0 atom stereocenters. The fourth-order valence-corrected chi connectivity index (χ4v) is 4.52. The quantitative estimate of drug-likeness (QED) is 0.502. The minimum absolute atomic E-state index is 0.180. The highest BCUT2D eigenvalue weighted by Crippen LogP contribution is 2.31. The van der Waals surface area contributed by atoms with Crippen LogP contribution in [0.3, 0.4) is 0 Å². The van der Waals surface area contributed by atoms with Crippen LogP contribution >= 0.6 is 22.7 Å². The van der Waals surface area contributed by atoms with Crippen molar-refractivity contribution in [3.05, 3.63) is 64.5 Å². The number of hydrogen-bond acceptors (Lipinski definition) is 4. The van der Waals surface area contributed by atoms with E-state index in [1.165, 1.54) is 9.40 Å². The molecule has 4 rings (SSSR count). The summed E-state index contributed by atoms with van der Waals surface area (Å²) < 4.78 is 2.39. The molecule has 0 fully saturated rings. The van der Waals surface area contributed by atoms with Gasteiger partial charge in [0.05, 0.1) is 10.4 Å². The second kappa shape index (κ2) is 5.06. The van der Waals surface area contributed by atoms with Crippen LogP contribution < -0.4 is 0 Å². The molecule has 0 unspecified atom stereocenters. The van der Waals surface area contributed by atoms with E-state index < -0.39 is 0 Å². The third kappa shape index (κ3) is 2.26. The van der Waals surface area contributed by atoms with Crippen LogP contribution in [0.1, 0.15) is 15.2 Å². The molecule has 0 N–H and O–H groups in total. The lowest BCUT2D eigenvalue weighted by Crippen LogP contribution is -2.02. The van der Waals surface area contributed by atoms with Crippen molar-refractivity contribution >= 4 is 48.8 Å². The zero-order valence-electron chi connectivity index (χ0n) is 11.1. The van der Waals surface area contributed by atoms with Gasteiger partial charge in [-0.25, -0.2) is 0 Å². The normalized spacial score (nSPS) is 11.2. The largest absolute Gasteiger partial charge is 0.293 e. The number of ketones is 1. The number of carbonyl (C=O) groups is 1. The van der Waals surface area contributed by atoms with Crippen molar-refractivity contribution in [2.24, 2.45) is 0 Å². The van der Waals surface area contributed by atoms with Crippen molar-refractivity contribution in [2.75, 3.05) is 0 Å². The summed E-state index contributed by atoms with van der Waals surface area (Å²) in [4.78, 5) is 17.7.